The van der Waals surface area contributed by atoms with Crippen LogP contribution < -0.4 is 0 Å². The molecule has 2 N–H and O–H groups in total. The van der Waals surface area contributed by atoms with Gasteiger partial charge < -0.3 is 28.9 Å². The Morgan fingerprint density at radius 2 is 1.76 bits per heavy atom. The van der Waals surface area contributed by atoms with Gasteiger partial charge in [-0.05, 0) is 12.2 Å². The summed E-state index contributed by atoms with van der Waals surface area (Å²) in [5.41, 5.74) is 0.849. The third-order valence-electron chi connectivity index (χ3n) is 4.08. The number of esters is 3. The summed E-state index contributed by atoms with van der Waals surface area (Å²) in [6.07, 6.45) is -2.45. The summed E-state index contributed by atoms with van der Waals surface area (Å²) in [5.74, 6) is -1.75. The van der Waals surface area contributed by atoms with E-state index in [2.05, 4.69) is 15.0 Å². The van der Waals surface area contributed by atoms with Crippen molar-refractivity contribution in [2.75, 3.05) is 6.61 Å². The lowest BCUT2D eigenvalue weighted by Gasteiger charge is -2.23. The predicted molar refractivity (Wildman–Crippen MR) is 102 cm³/mol. The van der Waals surface area contributed by atoms with Crippen molar-refractivity contribution in [3.63, 3.8) is 0 Å². The van der Waals surface area contributed by atoms with E-state index in [1.807, 2.05) is 0 Å². The van der Waals surface area contributed by atoms with E-state index in [1.54, 1.807) is 0 Å². The molecule has 156 valence electrons. The van der Waals surface area contributed by atoms with Gasteiger partial charge in [-0.15, -0.1) is 0 Å². The molecule has 4 atom stereocenters. The number of carbonyl (C=O) groups excluding carboxylic acids is 3. The van der Waals surface area contributed by atoms with Crippen LogP contribution in [0.25, 0.3) is 11.2 Å². The highest BCUT2D eigenvalue weighted by atomic mass is 32.1. The Labute approximate surface area is 174 Å². The standard InChI is InChI=1S/C16H18N4O7S2/c1-6(21)24-4-9-11(25-7(2)22)12(26-8(3)23)15(27-9)20-5-17-13-10(20)14(28)19-16(29)18-13/h5,9,11-12,15H,4H2,1-3H3,(H2,18,19,28,29)/t9-,11+,12+,15-/m1/s1. The molecular formula is C16H18N4O7S2. The average Bonchev–Trinajstić information content (AvgIpc) is 3.14. The van der Waals surface area contributed by atoms with Crippen LogP contribution in [0.15, 0.2) is 6.33 Å². The molecule has 0 aliphatic carbocycles. The highest BCUT2D eigenvalue weighted by Crippen LogP contribution is 2.36. The van der Waals surface area contributed by atoms with Crippen LogP contribution in [0.4, 0.5) is 0 Å². The van der Waals surface area contributed by atoms with E-state index in [0.29, 0.717) is 20.6 Å². The lowest BCUT2D eigenvalue weighted by molar-refractivity contribution is -0.166. The molecule has 13 heteroatoms. The van der Waals surface area contributed by atoms with E-state index in [4.69, 9.17) is 43.4 Å². The predicted octanol–water partition coefficient (Wildman–Crippen LogP) is 1.48. The molecule has 2 aromatic heterocycles. The van der Waals surface area contributed by atoms with Crippen molar-refractivity contribution < 1.29 is 33.3 Å². The first-order chi connectivity index (χ1) is 13.7. The van der Waals surface area contributed by atoms with Gasteiger partial charge in [-0.3, -0.25) is 19.0 Å². The van der Waals surface area contributed by atoms with Gasteiger partial charge in [-0.2, -0.15) is 0 Å². The van der Waals surface area contributed by atoms with Crippen LogP contribution in [-0.4, -0.2) is 62.3 Å². The van der Waals surface area contributed by atoms with Gasteiger partial charge in [-0.25, -0.2) is 4.98 Å². The third kappa shape index (κ3) is 4.52. The molecule has 1 saturated heterocycles. The Morgan fingerprint density at radius 3 is 2.38 bits per heavy atom. The van der Waals surface area contributed by atoms with Gasteiger partial charge in [0.25, 0.3) is 0 Å². The number of aromatic nitrogens is 4. The summed E-state index contributed by atoms with van der Waals surface area (Å²) in [4.78, 5) is 44.5. The van der Waals surface area contributed by atoms with Crippen molar-refractivity contribution in [2.24, 2.45) is 0 Å². The number of fused-ring (bicyclic) bond motifs is 1. The highest BCUT2D eigenvalue weighted by Gasteiger charge is 2.51. The summed E-state index contributed by atoms with van der Waals surface area (Å²) < 4.78 is 23.8. The van der Waals surface area contributed by atoms with E-state index >= 15 is 0 Å². The Hall–Kier alpha value is -2.64. The third-order valence-corrected chi connectivity index (χ3v) is 4.58. The maximum Gasteiger partial charge on any atom is 0.303 e. The molecule has 1 aliphatic rings. The first-order valence-electron chi connectivity index (χ1n) is 8.49. The maximum absolute atomic E-state index is 11.7. The lowest BCUT2D eigenvalue weighted by Crippen LogP contribution is -2.40. The number of imidazole rings is 1. The van der Waals surface area contributed by atoms with E-state index in [9.17, 15) is 14.4 Å². The Balaban J connectivity index is 2.06. The fourth-order valence-electron chi connectivity index (χ4n) is 3.09. The van der Waals surface area contributed by atoms with E-state index in [1.165, 1.54) is 31.7 Å². The van der Waals surface area contributed by atoms with Crippen molar-refractivity contribution in [3.8, 4) is 0 Å². The smallest absolute Gasteiger partial charge is 0.303 e. The van der Waals surface area contributed by atoms with Gasteiger partial charge in [0.1, 0.15) is 22.9 Å². The minimum Gasteiger partial charge on any atom is -0.463 e. The molecule has 1 aliphatic heterocycles. The number of nitrogens with zero attached hydrogens (tertiary/aromatic N) is 2. The quantitative estimate of drug-likeness (QED) is 0.398. The number of hydrogen-bond acceptors (Lipinski definition) is 10. The monoisotopic (exact) mass is 442 g/mol. The molecular weight excluding hydrogens is 424 g/mol. The van der Waals surface area contributed by atoms with Crippen molar-refractivity contribution in [2.45, 2.75) is 45.3 Å². The molecule has 0 unspecified atom stereocenters. The highest BCUT2D eigenvalue weighted by molar-refractivity contribution is 7.72. The second-order valence-electron chi connectivity index (χ2n) is 6.27. The van der Waals surface area contributed by atoms with Gasteiger partial charge in [0.2, 0.25) is 0 Å². The largest absolute Gasteiger partial charge is 0.463 e. The van der Waals surface area contributed by atoms with Crippen molar-refractivity contribution in [3.05, 3.63) is 15.7 Å². The number of ether oxygens (including phenoxy) is 4. The van der Waals surface area contributed by atoms with Crippen LogP contribution in [0.2, 0.25) is 0 Å². The molecule has 0 radical (unpaired) electrons. The fourth-order valence-corrected chi connectivity index (χ4v) is 3.66. The van der Waals surface area contributed by atoms with Gasteiger partial charge in [0.05, 0.1) is 6.33 Å². The summed E-state index contributed by atoms with van der Waals surface area (Å²) in [5, 5.41) is 0. The number of rotatable bonds is 5. The van der Waals surface area contributed by atoms with Gasteiger partial charge >= 0.3 is 17.9 Å². The van der Waals surface area contributed by atoms with Crippen LogP contribution in [0.1, 0.15) is 27.0 Å². The van der Waals surface area contributed by atoms with Gasteiger partial charge in [-0.1, -0.05) is 12.2 Å². The molecule has 0 amide bonds. The molecule has 2 aromatic rings. The Kier molecular flexibility index (Phi) is 6.10. The summed E-state index contributed by atoms with van der Waals surface area (Å²) in [6.45, 7) is 3.46. The minimum absolute atomic E-state index is 0.205. The maximum atomic E-state index is 11.7. The van der Waals surface area contributed by atoms with Gasteiger partial charge in [0.15, 0.2) is 28.9 Å². The van der Waals surface area contributed by atoms with Crippen LogP contribution in [0, 0.1) is 9.41 Å². The van der Waals surface area contributed by atoms with Crippen LogP contribution in [0.5, 0.6) is 0 Å². The lowest BCUT2D eigenvalue weighted by atomic mass is 10.1. The van der Waals surface area contributed by atoms with Crippen LogP contribution in [0.3, 0.4) is 0 Å². The zero-order chi connectivity index (χ0) is 21.3. The second-order valence-corrected chi connectivity index (χ2v) is 7.09. The average molecular weight is 442 g/mol. The number of carbonyl (C=O) groups is 3. The zero-order valence-electron chi connectivity index (χ0n) is 15.7. The molecule has 0 spiro atoms. The molecule has 1 fully saturated rings. The zero-order valence-corrected chi connectivity index (χ0v) is 17.3. The minimum atomic E-state index is -1.04. The first-order valence-corrected chi connectivity index (χ1v) is 9.31. The second kappa shape index (κ2) is 8.39. The van der Waals surface area contributed by atoms with Gasteiger partial charge in [0, 0.05) is 20.8 Å². The molecule has 0 bridgehead atoms. The van der Waals surface area contributed by atoms with Crippen LogP contribution >= 0.6 is 24.4 Å². The van der Waals surface area contributed by atoms with E-state index in [0.717, 1.165) is 0 Å². The van der Waals surface area contributed by atoms with E-state index in [-0.39, 0.29) is 6.61 Å². The van der Waals surface area contributed by atoms with Crippen molar-refractivity contribution in [1.29, 1.82) is 0 Å². The number of hydrogen-bond donors (Lipinski definition) is 2. The molecule has 11 nitrogen and oxygen atoms in total. The number of aromatic amines is 2. The fraction of sp³-hybridized carbons (Fsp3) is 0.500. The first kappa shape index (κ1) is 21.1. The SMILES string of the molecule is CC(=O)OC[C@H]1O[C@@H](n2cnc3[nH]c(=S)[nH]c(=S)c32)[C@@H](OC(C)=O)[C@H]1OC(C)=O. The Morgan fingerprint density at radius 1 is 1.10 bits per heavy atom. The van der Waals surface area contributed by atoms with Crippen LogP contribution in [-0.2, 0) is 33.3 Å². The summed E-state index contributed by atoms with van der Waals surface area (Å²) in [6, 6.07) is 0. The van der Waals surface area contributed by atoms with Crippen molar-refractivity contribution >= 4 is 53.5 Å². The summed E-state index contributed by atoms with van der Waals surface area (Å²) >= 11 is 10.4. The molecule has 3 heterocycles. The molecule has 0 saturated carbocycles. The molecule has 0 aromatic carbocycles. The normalized spacial score (nSPS) is 23.7. The Bertz CT molecular complexity index is 1080. The molecule has 29 heavy (non-hydrogen) atoms. The van der Waals surface area contributed by atoms with E-state index < -0.39 is 42.4 Å². The number of H-pyrrole nitrogens is 2. The molecule has 3 rings (SSSR count). The number of nitrogens with one attached hydrogen (secondary N) is 2. The summed E-state index contributed by atoms with van der Waals surface area (Å²) in [7, 11) is 0. The topological polar surface area (TPSA) is 138 Å². The van der Waals surface area contributed by atoms with Crippen molar-refractivity contribution in [1.82, 2.24) is 19.5 Å².